The van der Waals surface area contributed by atoms with Crippen molar-refractivity contribution in [2.75, 3.05) is 6.54 Å². The summed E-state index contributed by atoms with van der Waals surface area (Å²) in [6.07, 6.45) is 2.07. The van der Waals surface area contributed by atoms with Crippen molar-refractivity contribution in [3.63, 3.8) is 0 Å². The van der Waals surface area contributed by atoms with E-state index >= 15 is 0 Å². The molecular formula is C12H16N4. The first-order valence-electron chi connectivity index (χ1n) is 5.65. The molecule has 1 aliphatic heterocycles. The fourth-order valence-electron chi connectivity index (χ4n) is 2.40. The average molecular weight is 216 g/mol. The minimum absolute atomic E-state index is 0.964. The Morgan fingerprint density at radius 2 is 2.25 bits per heavy atom. The van der Waals surface area contributed by atoms with Gasteiger partial charge in [0.25, 0.3) is 0 Å². The number of aryl methyl sites for hydroxylation is 2. The lowest BCUT2D eigenvalue weighted by molar-refractivity contribution is 0.519. The molecule has 0 amide bonds. The van der Waals surface area contributed by atoms with Crippen molar-refractivity contribution < 1.29 is 0 Å². The third-order valence-corrected chi connectivity index (χ3v) is 3.14. The van der Waals surface area contributed by atoms with Crippen LogP contribution in [0.4, 0.5) is 0 Å². The molecule has 16 heavy (non-hydrogen) atoms. The highest BCUT2D eigenvalue weighted by Gasteiger charge is 2.16. The van der Waals surface area contributed by atoms with Crippen molar-refractivity contribution >= 4 is 0 Å². The summed E-state index contributed by atoms with van der Waals surface area (Å²) >= 11 is 0. The highest BCUT2D eigenvalue weighted by Crippen LogP contribution is 2.25. The van der Waals surface area contributed by atoms with Gasteiger partial charge in [-0.2, -0.15) is 5.10 Å². The van der Waals surface area contributed by atoms with Crippen LogP contribution in [0.5, 0.6) is 0 Å². The van der Waals surface area contributed by atoms with Crippen LogP contribution in [0.15, 0.2) is 18.3 Å². The molecule has 4 heteroatoms. The van der Waals surface area contributed by atoms with Crippen molar-refractivity contribution in [3.8, 4) is 11.4 Å². The summed E-state index contributed by atoms with van der Waals surface area (Å²) in [6, 6.07) is 4.37. The van der Waals surface area contributed by atoms with Crippen LogP contribution in [0.1, 0.15) is 11.3 Å². The number of fused-ring (bicyclic) bond motifs is 1. The van der Waals surface area contributed by atoms with E-state index in [1.54, 1.807) is 0 Å². The molecule has 0 aliphatic carbocycles. The molecule has 0 bridgehead atoms. The van der Waals surface area contributed by atoms with Crippen molar-refractivity contribution in [2.45, 2.75) is 20.0 Å². The van der Waals surface area contributed by atoms with Gasteiger partial charge >= 0.3 is 0 Å². The van der Waals surface area contributed by atoms with Gasteiger partial charge in [-0.1, -0.05) is 0 Å². The lowest BCUT2D eigenvalue weighted by atomic mass is 10.2. The maximum Gasteiger partial charge on any atom is 0.112 e. The van der Waals surface area contributed by atoms with E-state index in [1.165, 1.54) is 17.0 Å². The molecule has 2 aromatic rings. The normalized spacial score (nSPS) is 15.1. The van der Waals surface area contributed by atoms with E-state index in [1.807, 2.05) is 11.7 Å². The summed E-state index contributed by atoms with van der Waals surface area (Å²) in [5.41, 5.74) is 4.94. The molecule has 4 nitrogen and oxygen atoms in total. The number of nitrogens with one attached hydrogen (secondary N) is 1. The topological polar surface area (TPSA) is 34.8 Å². The minimum Gasteiger partial charge on any atom is -0.341 e. The second-order valence-electron chi connectivity index (χ2n) is 4.37. The number of aromatic nitrogens is 3. The zero-order valence-electron chi connectivity index (χ0n) is 9.70. The van der Waals surface area contributed by atoms with Crippen LogP contribution in [0.3, 0.4) is 0 Å². The summed E-state index contributed by atoms with van der Waals surface area (Å²) in [5.74, 6) is 0. The Hall–Kier alpha value is -1.55. The van der Waals surface area contributed by atoms with Crippen LogP contribution in [0, 0.1) is 6.92 Å². The van der Waals surface area contributed by atoms with Crippen LogP contribution in [0.25, 0.3) is 11.4 Å². The molecular weight excluding hydrogens is 200 g/mol. The van der Waals surface area contributed by atoms with Gasteiger partial charge in [-0.05, 0) is 24.6 Å². The number of nitrogens with zero attached hydrogens (tertiary/aromatic N) is 3. The Morgan fingerprint density at radius 1 is 1.38 bits per heavy atom. The first kappa shape index (κ1) is 9.66. The third-order valence-electron chi connectivity index (χ3n) is 3.14. The van der Waals surface area contributed by atoms with Gasteiger partial charge < -0.3 is 9.88 Å². The molecule has 0 unspecified atom stereocenters. The molecule has 0 atom stereocenters. The monoisotopic (exact) mass is 216 g/mol. The van der Waals surface area contributed by atoms with E-state index in [0.717, 1.165) is 25.3 Å². The maximum atomic E-state index is 4.54. The highest BCUT2D eigenvalue weighted by molar-refractivity contribution is 5.60. The molecule has 0 radical (unpaired) electrons. The summed E-state index contributed by atoms with van der Waals surface area (Å²) in [5, 5.41) is 7.92. The van der Waals surface area contributed by atoms with E-state index in [-0.39, 0.29) is 0 Å². The zero-order chi connectivity index (χ0) is 11.1. The second kappa shape index (κ2) is 3.49. The Bertz CT molecular complexity index is 521. The molecule has 3 rings (SSSR count). The zero-order valence-corrected chi connectivity index (χ0v) is 9.70. The van der Waals surface area contributed by atoms with Gasteiger partial charge in [0, 0.05) is 38.6 Å². The largest absolute Gasteiger partial charge is 0.341 e. The van der Waals surface area contributed by atoms with Gasteiger partial charge in [-0.15, -0.1) is 0 Å². The molecule has 0 saturated carbocycles. The average Bonchev–Trinajstić information content (AvgIpc) is 2.81. The van der Waals surface area contributed by atoms with Gasteiger partial charge in [-0.3, -0.25) is 4.68 Å². The quantitative estimate of drug-likeness (QED) is 0.779. The summed E-state index contributed by atoms with van der Waals surface area (Å²) in [7, 11) is 1.97. The molecule has 1 N–H and O–H groups in total. The molecule has 1 aliphatic rings. The SMILES string of the molecule is Cc1cn(C)nc1-c1ccc2n1CCNC2. The van der Waals surface area contributed by atoms with E-state index < -0.39 is 0 Å². The van der Waals surface area contributed by atoms with E-state index in [4.69, 9.17) is 0 Å². The first-order valence-corrected chi connectivity index (χ1v) is 5.65. The van der Waals surface area contributed by atoms with Crippen LogP contribution < -0.4 is 5.32 Å². The van der Waals surface area contributed by atoms with Gasteiger partial charge in [0.15, 0.2) is 0 Å². The van der Waals surface area contributed by atoms with Gasteiger partial charge in [-0.25, -0.2) is 0 Å². The molecule has 0 saturated heterocycles. The third kappa shape index (κ3) is 1.38. The fourth-order valence-corrected chi connectivity index (χ4v) is 2.40. The van der Waals surface area contributed by atoms with Crippen LogP contribution >= 0.6 is 0 Å². The Balaban J connectivity index is 2.13. The van der Waals surface area contributed by atoms with E-state index in [0.29, 0.717) is 0 Å². The van der Waals surface area contributed by atoms with Crippen LogP contribution in [0.2, 0.25) is 0 Å². The van der Waals surface area contributed by atoms with Gasteiger partial charge in [0.2, 0.25) is 0 Å². The summed E-state index contributed by atoms with van der Waals surface area (Å²) < 4.78 is 4.25. The van der Waals surface area contributed by atoms with Gasteiger partial charge in [0.1, 0.15) is 5.69 Å². The number of hydrogen-bond acceptors (Lipinski definition) is 2. The Labute approximate surface area is 94.9 Å². The highest BCUT2D eigenvalue weighted by atomic mass is 15.3. The van der Waals surface area contributed by atoms with Crippen molar-refractivity contribution in [3.05, 3.63) is 29.6 Å². The van der Waals surface area contributed by atoms with Crippen LogP contribution in [-0.2, 0) is 20.1 Å². The fraction of sp³-hybridized carbons (Fsp3) is 0.417. The molecule has 0 aromatic carbocycles. The van der Waals surface area contributed by atoms with Crippen molar-refractivity contribution in [1.29, 1.82) is 0 Å². The van der Waals surface area contributed by atoms with Crippen LogP contribution in [-0.4, -0.2) is 20.9 Å². The lowest BCUT2D eigenvalue weighted by Crippen LogP contribution is -2.28. The standard InChI is InChI=1S/C12H16N4/c1-9-8-15(2)14-12(9)11-4-3-10-7-13-5-6-16(10)11/h3-4,8,13H,5-7H2,1-2H3. The van der Waals surface area contributed by atoms with E-state index in [9.17, 15) is 0 Å². The van der Waals surface area contributed by atoms with Crippen molar-refractivity contribution in [2.24, 2.45) is 7.05 Å². The number of rotatable bonds is 1. The molecule has 2 aromatic heterocycles. The number of hydrogen-bond donors (Lipinski definition) is 1. The first-order chi connectivity index (χ1) is 7.75. The minimum atomic E-state index is 0.964. The molecule has 0 spiro atoms. The summed E-state index contributed by atoms with van der Waals surface area (Å²) in [4.78, 5) is 0. The second-order valence-corrected chi connectivity index (χ2v) is 4.37. The molecule has 84 valence electrons. The van der Waals surface area contributed by atoms with Gasteiger partial charge in [0.05, 0.1) is 5.69 Å². The lowest BCUT2D eigenvalue weighted by Gasteiger charge is -2.18. The molecule has 3 heterocycles. The predicted octanol–water partition coefficient (Wildman–Crippen LogP) is 1.30. The Morgan fingerprint density at radius 3 is 3.00 bits per heavy atom. The van der Waals surface area contributed by atoms with E-state index in [2.05, 4.69) is 40.2 Å². The maximum absolute atomic E-state index is 4.54. The summed E-state index contributed by atoms with van der Waals surface area (Å²) in [6.45, 7) is 5.16. The van der Waals surface area contributed by atoms with Crippen molar-refractivity contribution in [1.82, 2.24) is 19.7 Å². The predicted molar refractivity (Wildman–Crippen MR) is 63.1 cm³/mol. The smallest absolute Gasteiger partial charge is 0.112 e. The molecule has 0 fully saturated rings. The Kier molecular flexibility index (Phi) is 2.11.